The number of nitrogens with zero attached hydrogens (tertiary/aromatic N) is 4. The molecule has 0 saturated carbocycles. The molecule has 1 aromatic carbocycles. The van der Waals surface area contributed by atoms with Gasteiger partial charge in [-0.2, -0.15) is 13.5 Å². The Kier molecular flexibility index (Phi) is 3.53. The Labute approximate surface area is 115 Å². The molecule has 0 aliphatic carbocycles. The van der Waals surface area contributed by atoms with E-state index in [1.165, 1.54) is 13.0 Å². The summed E-state index contributed by atoms with van der Waals surface area (Å²) in [5, 5.41) is 14.3. The predicted octanol–water partition coefficient (Wildman–Crippen LogP) is 2.30. The SMILES string of the molecule is Cc1nn(-c2cc([N+](=O)[O-])ccc2Cl)c(=O)n1C(F)F. The molecule has 7 nitrogen and oxygen atoms in total. The van der Waals surface area contributed by atoms with Gasteiger partial charge in [-0.15, -0.1) is 5.10 Å². The predicted molar refractivity (Wildman–Crippen MR) is 65.5 cm³/mol. The maximum atomic E-state index is 12.7. The summed E-state index contributed by atoms with van der Waals surface area (Å²) in [7, 11) is 0. The van der Waals surface area contributed by atoms with Crippen molar-refractivity contribution < 1.29 is 13.7 Å². The zero-order chi connectivity index (χ0) is 15.0. The summed E-state index contributed by atoms with van der Waals surface area (Å²) in [6, 6.07) is 3.32. The van der Waals surface area contributed by atoms with Crippen LogP contribution in [0.2, 0.25) is 5.02 Å². The lowest BCUT2D eigenvalue weighted by molar-refractivity contribution is -0.384. The normalized spacial score (nSPS) is 11.1. The molecule has 0 unspecified atom stereocenters. The first-order valence-electron chi connectivity index (χ1n) is 5.23. The van der Waals surface area contributed by atoms with Crippen LogP contribution in [0.5, 0.6) is 0 Å². The molecule has 0 atom stereocenters. The van der Waals surface area contributed by atoms with Crippen molar-refractivity contribution in [2.45, 2.75) is 13.5 Å². The first-order valence-corrected chi connectivity index (χ1v) is 5.61. The van der Waals surface area contributed by atoms with Crippen LogP contribution in [-0.2, 0) is 0 Å². The minimum atomic E-state index is -3.06. The smallest absolute Gasteiger partial charge is 0.258 e. The van der Waals surface area contributed by atoms with E-state index in [0.717, 1.165) is 12.1 Å². The number of non-ortho nitro benzene ring substituents is 1. The molecular formula is C10H7ClF2N4O3. The number of hydrogen-bond acceptors (Lipinski definition) is 4. The van der Waals surface area contributed by atoms with Gasteiger partial charge in [-0.3, -0.25) is 10.1 Å². The summed E-state index contributed by atoms with van der Waals surface area (Å²) in [6.07, 6.45) is 0. The van der Waals surface area contributed by atoms with Gasteiger partial charge in [0.15, 0.2) is 0 Å². The zero-order valence-electron chi connectivity index (χ0n) is 9.96. The van der Waals surface area contributed by atoms with Gasteiger partial charge in [0.05, 0.1) is 15.6 Å². The Balaban J connectivity index is 2.69. The van der Waals surface area contributed by atoms with Gasteiger partial charge in [-0.05, 0) is 13.0 Å². The number of halogens is 3. The Morgan fingerprint density at radius 1 is 1.45 bits per heavy atom. The fourth-order valence-corrected chi connectivity index (χ4v) is 1.83. The van der Waals surface area contributed by atoms with Crippen molar-refractivity contribution in [1.82, 2.24) is 14.3 Å². The van der Waals surface area contributed by atoms with Crippen molar-refractivity contribution in [3.63, 3.8) is 0 Å². The van der Waals surface area contributed by atoms with Crippen molar-refractivity contribution in [3.8, 4) is 5.69 Å². The van der Waals surface area contributed by atoms with Crippen LogP contribution >= 0.6 is 11.6 Å². The molecule has 0 N–H and O–H groups in total. The highest BCUT2D eigenvalue weighted by atomic mass is 35.5. The highest BCUT2D eigenvalue weighted by Gasteiger charge is 2.21. The minimum Gasteiger partial charge on any atom is -0.258 e. The number of rotatable bonds is 3. The van der Waals surface area contributed by atoms with E-state index < -0.39 is 17.2 Å². The maximum Gasteiger partial charge on any atom is 0.355 e. The van der Waals surface area contributed by atoms with Crippen LogP contribution < -0.4 is 5.69 Å². The number of nitro groups is 1. The maximum absolute atomic E-state index is 12.7. The molecule has 0 amide bonds. The molecule has 1 aromatic heterocycles. The molecule has 0 aliphatic heterocycles. The molecule has 0 spiro atoms. The van der Waals surface area contributed by atoms with E-state index in [9.17, 15) is 23.7 Å². The van der Waals surface area contributed by atoms with Gasteiger partial charge < -0.3 is 0 Å². The van der Waals surface area contributed by atoms with Crippen LogP contribution in [-0.4, -0.2) is 19.3 Å². The van der Waals surface area contributed by atoms with E-state index in [0.29, 0.717) is 4.68 Å². The molecule has 0 aliphatic rings. The van der Waals surface area contributed by atoms with Gasteiger partial charge in [0.2, 0.25) is 0 Å². The molecular weight excluding hydrogens is 298 g/mol. The number of aryl methyl sites for hydroxylation is 1. The molecule has 0 saturated heterocycles. The third kappa shape index (κ3) is 2.27. The summed E-state index contributed by atoms with van der Waals surface area (Å²) >= 11 is 5.83. The number of benzene rings is 1. The van der Waals surface area contributed by atoms with Crippen LogP contribution in [0, 0.1) is 17.0 Å². The van der Waals surface area contributed by atoms with E-state index in [-0.39, 0.29) is 26.8 Å². The summed E-state index contributed by atoms with van der Waals surface area (Å²) in [4.78, 5) is 21.8. The van der Waals surface area contributed by atoms with Gasteiger partial charge in [0.25, 0.3) is 5.69 Å². The number of hydrogen-bond donors (Lipinski definition) is 0. The van der Waals surface area contributed by atoms with Crippen molar-refractivity contribution in [1.29, 1.82) is 0 Å². The minimum absolute atomic E-state index is 0.0170. The molecule has 2 rings (SSSR count). The molecule has 0 bridgehead atoms. The molecule has 2 aromatic rings. The number of nitro benzene ring substituents is 1. The Morgan fingerprint density at radius 3 is 2.60 bits per heavy atom. The van der Waals surface area contributed by atoms with Gasteiger partial charge in [-0.25, -0.2) is 9.36 Å². The molecule has 0 radical (unpaired) electrons. The first-order chi connectivity index (χ1) is 9.32. The Hall–Kier alpha value is -2.29. The Bertz CT molecular complexity index is 741. The van der Waals surface area contributed by atoms with Gasteiger partial charge in [0.1, 0.15) is 5.82 Å². The molecule has 20 heavy (non-hydrogen) atoms. The average molecular weight is 305 g/mol. The molecule has 10 heteroatoms. The topological polar surface area (TPSA) is 83.0 Å². The van der Waals surface area contributed by atoms with E-state index in [2.05, 4.69) is 5.10 Å². The van der Waals surface area contributed by atoms with E-state index in [1.807, 2.05) is 0 Å². The van der Waals surface area contributed by atoms with Crippen LogP contribution in [0.3, 0.4) is 0 Å². The second kappa shape index (κ2) is 5.00. The van der Waals surface area contributed by atoms with Crippen molar-refractivity contribution >= 4 is 17.3 Å². The summed E-state index contributed by atoms with van der Waals surface area (Å²) < 4.78 is 26.2. The average Bonchev–Trinajstić information content (AvgIpc) is 2.64. The first kappa shape index (κ1) is 14.1. The summed E-state index contributed by atoms with van der Waals surface area (Å²) in [6.45, 7) is -1.84. The largest absolute Gasteiger partial charge is 0.355 e. The van der Waals surface area contributed by atoms with Gasteiger partial charge in [-0.1, -0.05) is 11.6 Å². The lowest BCUT2D eigenvalue weighted by atomic mass is 10.3. The van der Waals surface area contributed by atoms with Gasteiger partial charge >= 0.3 is 12.2 Å². The summed E-state index contributed by atoms with van der Waals surface area (Å²) in [5.74, 6) is -0.229. The third-order valence-electron chi connectivity index (χ3n) is 2.54. The van der Waals surface area contributed by atoms with Crippen LogP contribution in [0.4, 0.5) is 14.5 Å². The van der Waals surface area contributed by atoms with Gasteiger partial charge in [0, 0.05) is 12.1 Å². The second-order valence-electron chi connectivity index (χ2n) is 3.78. The van der Waals surface area contributed by atoms with Crippen LogP contribution in [0.15, 0.2) is 23.0 Å². The number of aromatic nitrogens is 3. The lowest BCUT2D eigenvalue weighted by Gasteiger charge is -2.02. The second-order valence-corrected chi connectivity index (χ2v) is 4.19. The van der Waals surface area contributed by atoms with Crippen LogP contribution in [0.25, 0.3) is 5.69 Å². The third-order valence-corrected chi connectivity index (χ3v) is 2.86. The summed E-state index contributed by atoms with van der Waals surface area (Å²) in [5.41, 5.74) is -1.59. The van der Waals surface area contributed by atoms with Crippen molar-refractivity contribution in [2.75, 3.05) is 0 Å². The molecule has 106 valence electrons. The molecule has 0 fully saturated rings. The van der Waals surface area contributed by atoms with E-state index in [4.69, 9.17) is 11.6 Å². The quantitative estimate of drug-likeness (QED) is 0.643. The van der Waals surface area contributed by atoms with E-state index in [1.54, 1.807) is 0 Å². The van der Waals surface area contributed by atoms with E-state index >= 15 is 0 Å². The molecule has 1 heterocycles. The monoisotopic (exact) mass is 304 g/mol. The van der Waals surface area contributed by atoms with Crippen molar-refractivity contribution in [2.24, 2.45) is 0 Å². The standard InChI is InChI=1S/C10H7ClF2N4O3/c1-5-14-16(10(18)15(5)9(12)13)8-4-6(17(19)20)2-3-7(8)11/h2-4,9H,1H3. The lowest BCUT2D eigenvalue weighted by Crippen LogP contribution is -2.25. The highest BCUT2D eigenvalue weighted by molar-refractivity contribution is 6.32. The van der Waals surface area contributed by atoms with Crippen molar-refractivity contribution in [3.05, 3.63) is 49.6 Å². The zero-order valence-corrected chi connectivity index (χ0v) is 10.7. The highest BCUT2D eigenvalue weighted by Crippen LogP contribution is 2.24. The van der Waals surface area contributed by atoms with Crippen LogP contribution in [0.1, 0.15) is 12.4 Å². The fraction of sp³-hybridized carbons (Fsp3) is 0.200. The fourth-order valence-electron chi connectivity index (χ4n) is 1.63. The number of alkyl halides is 2. The Morgan fingerprint density at radius 2 is 2.10 bits per heavy atom.